The van der Waals surface area contributed by atoms with E-state index in [2.05, 4.69) is 18.0 Å². The summed E-state index contributed by atoms with van der Waals surface area (Å²) in [6, 6.07) is 10.0. The molecule has 0 aliphatic carbocycles. The zero-order chi connectivity index (χ0) is 14.8. The van der Waals surface area contributed by atoms with E-state index in [9.17, 15) is 4.79 Å². The Morgan fingerprint density at radius 1 is 1.09 bits per heavy atom. The second-order valence-electron chi connectivity index (χ2n) is 5.51. The van der Waals surface area contributed by atoms with E-state index in [1.165, 1.54) is 16.9 Å². The standard InChI is InChI=1S/C17H11NO3S/c1-8-2-3-11-9(4-8)15-10-5-12-13(21-7-20-12)6-14(10)22-16(15)17(19)18-11/h2-6H,7H2,1H3,(H,18,19). The Kier molecular flexibility index (Phi) is 2.20. The Hall–Kier alpha value is -2.53. The fourth-order valence-corrected chi connectivity index (χ4v) is 4.19. The molecule has 1 aliphatic rings. The molecule has 1 N–H and O–H groups in total. The van der Waals surface area contributed by atoms with Crippen molar-refractivity contribution in [3.8, 4) is 11.5 Å². The molecule has 0 saturated carbocycles. The number of fused-ring (bicyclic) bond motifs is 6. The molecule has 0 unspecified atom stereocenters. The molecule has 0 atom stereocenters. The molecule has 4 aromatic rings. The van der Waals surface area contributed by atoms with Crippen LogP contribution in [-0.2, 0) is 0 Å². The van der Waals surface area contributed by atoms with Crippen LogP contribution in [0.1, 0.15) is 5.56 Å². The average Bonchev–Trinajstić information content (AvgIpc) is 3.09. The quantitative estimate of drug-likeness (QED) is 0.535. The van der Waals surface area contributed by atoms with Crippen molar-refractivity contribution in [1.29, 1.82) is 0 Å². The Morgan fingerprint density at radius 3 is 2.77 bits per heavy atom. The number of nitrogens with one attached hydrogen (secondary N) is 1. The first-order valence-corrected chi connectivity index (χ1v) is 7.81. The summed E-state index contributed by atoms with van der Waals surface area (Å²) in [4.78, 5) is 15.4. The highest BCUT2D eigenvalue weighted by Gasteiger charge is 2.19. The van der Waals surface area contributed by atoms with Crippen molar-refractivity contribution in [2.45, 2.75) is 6.92 Å². The molecule has 0 bridgehead atoms. The van der Waals surface area contributed by atoms with Gasteiger partial charge in [0.25, 0.3) is 5.56 Å². The first-order valence-electron chi connectivity index (χ1n) is 6.99. The van der Waals surface area contributed by atoms with Crippen LogP contribution in [0, 0.1) is 6.92 Å². The van der Waals surface area contributed by atoms with Crippen LogP contribution >= 0.6 is 11.3 Å². The number of aromatic nitrogens is 1. The van der Waals surface area contributed by atoms with E-state index in [1.54, 1.807) is 0 Å². The fourth-order valence-electron chi connectivity index (χ4n) is 3.07. The summed E-state index contributed by atoms with van der Waals surface area (Å²) in [5.41, 5.74) is 1.98. The van der Waals surface area contributed by atoms with Gasteiger partial charge in [-0.1, -0.05) is 11.6 Å². The minimum atomic E-state index is -0.0467. The number of aryl methyl sites for hydroxylation is 1. The highest BCUT2D eigenvalue weighted by atomic mass is 32.1. The normalized spacial score (nSPS) is 13.5. The molecule has 5 rings (SSSR count). The highest BCUT2D eigenvalue weighted by Crippen LogP contribution is 2.43. The molecule has 2 aromatic heterocycles. The summed E-state index contributed by atoms with van der Waals surface area (Å²) in [7, 11) is 0. The number of ether oxygens (including phenoxy) is 2. The molecule has 0 radical (unpaired) electrons. The molecule has 3 heterocycles. The van der Waals surface area contributed by atoms with Crippen LogP contribution in [0.2, 0.25) is 0 Å². The third-order valence-electron chi connectivity index (χ3n) is 4.08. The molecule has 5 heteroatoms. The minimum Gasteiger partial charge on any atom is -0.454 e. The smallest absolute Gasteiger partial charge is 0.266 e. The summed E-state index contributed by atoms with van der Waals surface area (Å²) in [5, 5.41) is 3.12. The van der Waals surface area contributed by atoms with Gasteiger partial charge in [0, 0.05) is 32.4 Å². The van der Waals surface area contributed by atoms with Crippen LogP contribution in [-0.4, -0.2) is 11.8 Å². The molecule has 2 aromatic carbocycles. The number of pyridine rings is 1. The second kappa shape index (κ2) is 4.01. The molecule has 108 valence electrons. The summed E-state index contributed by atoms with van der Waals surface area (Å²) < 4.78 is 12.7. The summed E-state index contributed by atoms with van der Waals surface area (Å²) in [6.45, 7) is 2.31. The number of aromatic amines is 1. The predicted molar refractivity (Wildman–Crippen MR) is 88.3 cm³/mol. The van der Waals surface area contributed by atoms with Crippen LogP contribution < -0.4 is 15.0 Å². The van der Waals surface area contributed by atoms with Crippen LogP contribution in [0.15, 0.2) is 35.1 Å². The monoisotopic (exact) mass is 309 g/mol. The molecule has 1 aliphatic heterocycles. The van der Waals surface area contributed by atoms with Crippen molar-refractivity contribution in [2.24, 2.45) is 0 Å². The van der Waals surface area contributed by atoms with Gasteiger partial charge in [0.15, 0.2) is 11.5 Å². The van der Waals surface area contributed by atoms with Gasteiger partial charge in [0.2, 0.25) is 6.79 Å². The lowest BCUT2D eigenvalue weighted by Crippen LogP contribution is -2.04. The zero-order valence-corrected chi connectivity index (χ0v) is 12.5. The Balaban J connectivity index is 2.07. The molecule has 4 nitrogen and oxygen atoms in total. The number of hydrogen-bond acceptors (Lipinski definition) is 4. The van der Waals surface area contributed by atoms with E-state index in [0.717, 1.165) is 42.6 Å². The van der Waals surface area contributed by atoms with Gasteiger partial charge in [-0.05, 0) is 25.1 Å². The van der Waals surface area contributed by atoms with Gasteiger partial charge in [0.1, 0.15) is 4.70 Å². The topological polar surface area (TPSA) is 51.3 Å². The van der Waals surface area contributed by atoms with E-state index < -0.39 is 0 Å². The average molecular weight is 309 g/mol. The van der Waals surface area contributed by atoms with Gasteiger partial charge in [-0.25, -0.2) is 0 Å². The largest absolute Gasteiger partial charge is 0.454 e. The summed E-state index contributed by atoms with van der Waals surface area (Å²) in [5.74, 6) is 1.49. The van der Waals surface area contributed by atoms with Gasteiger partial charge in [-0.2, -0.15) is 0 Å². The fraction of sp³-hybridized carbons (Fsp3) is 0.118. The molecule has 0 amide bonds. The Labute approximate surface area is 128 Å². The lowest BCUT2D eigenvalue weighted by Gasteiger charge is -2.02. The SMILES string of the molecule is Cc1ccc2[nH]c(=O)c3sc4cc5c(cc4c3c2c1)OCO5. The van der Waals surface area contributed by atoms with Gasteiger partial charge in [-0.3, -0.25) is 4.79 Å². The lowest BCUT2D eigenvalue weighted by atomic mass is 10.1. The van der Waals surface area contributed by atoms with E-state index in [1.807, 2.05) is 24.3 Å². The van der Waals surface area contributed by atoms with Gasteiger partial charge < -0.3 is 14.5 Å². The van der Waals surface area contributed by atoms with E-state index in [-0.39, 0.29) is 12.4 Å². The molecular formula is C17H11NO3S. The minimum absolute atomic E-state index is 0.0467. The number of benzene rings is 2. The first-order chi connectivity index (χ1) is 10.7. The predicted octanol–water partition coefficient (Wildman–Crippen LogP) is 3.93. The maximum atomic E-state index is 12.4. The number of hydrogen-bond donors (Lipinski definition) is 1. The molecule has 22 heavy (non-hydrogen) atoms. The number of rotatable bonds is 0. The molecule has 0 fully saturated rings. The third kappa shape index (κ3) is 1.49. The summed E-state index contributed by atoms with van der Waals surface area (Å²) in [6.07, 6.45) is 0. The number of thiophene rings is 1. The zero-order valence-electron chi connectivity index (χ0n) is 11.7. The molecule has 0 spiro atoms. The van der Waals surface area contributed by atoms with Crippen molar-refractivity contribution in [2.75, 3.05) is 6.79 Å². The van der Waals surface area contributed by atoms with Crippen LogP contribution in [0.3, 0.4) is 0 Å². The maximum absolute atomic E-state index is 12.4. The van der Waals surface area contributed by atoms with Gasteiger partial charge in [0.05, 0.1) is 0 Å². The van der Waals surface area contributed by atoms with Crippen molar-refractivity contribution in [3.05, 3.63) is 46.2 Å². The van der Waals surface area contributed by atoms with E-state index in [4.69, 9.17) is 9.47 Å². The third-order valence-corrected chi connectivity index (χ3v) is 5.23. The molecular weight excluding hydrogens is 298 g/mol. The van der Waals surface area contributed by atoms with E-state index in [0.29, 0.717) is 0 Å². The maximum Gasteiger partial charge on any atom is 0.266 e. The summed E-state index contributed by atoms with van der Waals surface area (Å²) >= 11 is 1.50. The van der Waals surface area contributed by atoms with Crippen LogP contribution in [0.5, 0.6) is 11.5 Å². The number of H-pyrrole nitrogens is 1. The van der Waals surface area contributed by atoms with Crippen molar-refractivity contribution in [3.63, 3.8) is 0 Å². The second-order valence-corrected chi connectivity index (χ2v) is 6.56. The highest BCUT2D eigenvalue weighted by molar-refractivity contribution is 7.26. The van der Waals surface area contributed by atoms with Crippen molar-refractivity contribution in [1.82, 2.24) is 4.98 Å². The van der Waals surface area contributed by atoms with Crippen molar-refractivity contribution < 1.29 is 9.47 Å². The molecule has 0 saturated heterocycles. The lowest BCUT2D eigenvalue weighted by molar-refractivity contribution is 0.174. The van der Waals surface area contributed by atoms with E-state index >= 15 is 0 Å². The van der Waals surface area contributed by atoms with Gasteiger partial charge >= 0.3 is 0 Å². The first kappa shape index (κ1) is 12.1. The Bertz CT molecular complexity index is 1140. The van der Waals surface area contributed by atoms with Gasteiger partial charge in [-0.15, -0.1) is 11.3 Å². The van der Waals surface area contributed by atoms with Crippen LogP contribution in [0.25, 0.3) is 31.1 Å². The van der Waals surface area contributed by atoms with Crippen molar-refractivity contribution >= 4 is 42.4 Å². The van der Waals surface area contributed by atoms with Crippen LogP contribution in [0.4, 0.5) is 0 Å². The Morgan fingerprint density at radius 2 is 1.91 bits per heavy atom.